The van der Waals surface area contributed by atoms with E-state index >= 15 is 0 Å². The van der Waals surface area contributed by atoms with Crippen molar-refractivity contribution in [3.8, 4) is 0 Å². The molecule has 0 spiro atoms. The number of rotatable bonds is 5. The first-order chi connectivity index (χ1) is 8.02. The molecule has 1 rings (SSSR count). The number of amides is 1. The highest BCUT2D eigenvalue weighted by molar-refractivity contribution is 9.10. The molecular weight excluding hydrogens is 300 g/mol. The SMILES string of the molecule is Cc1cccc(C(=O)NCCCC(N)=S)c1Br. The van der Waals surface area contributed by atoms with E-state index < -0.39 is 0 Å². The van der Waals surface area contributed by atoms with Gasteiger partial charge >= 0.3 is 0 Å². The molecule has 3 N–H and O–H groups in total. The average molecular weight is 315 g/mol. The summed E-state index contributed by atoms with van der Waals surface area (Å²) in [6, 6.07) is 5.61. The Hall–Kier alpha value is -0.940. The van der Waals surface area contributed by atoms with E-state index in [4.69, 9.17) is 18.0 Å². The monoisotopic (exact) mass is 314 g/mol. The first-order valence-electron chi connectivity index (χ1n) is 5.34. The molecule has 0 unspecified atom stereocenters. The summed E-state index contributed by atoms with van der Waals surface area (Å²) < 4.78 is 0.840. The van der Waals surface area contributed by atoms with Gasteiger partial charge in [0.15, 0.2) is 0 Å². The van der Waals surface area contributed by atoms with E-state index in [9.17, 15) is 4.79 Å². The third kappa shape index (κ3) is 4.44. The van der Waals surface area contributed by atoms with E-state index in [1.807, 2.05) is 19.1 Å². The normalized spacial score (nSPS) is 10.0. The van der Waals surface area contributed by atoms with Gasteiger partial charge in [0, 0.05) is 11.0 Å². The Bertz CT molecular complexity index is 435. The van der Waals surface area contributed by atoms with Crippen molar-refractivity contribution in [2.45, 2.75) is 19.8 Å². The van der Waals surface area contributed by atoms with Crippen molar-refractivity contribution < 1.29 is 4.79 Å². The molecule has 0 atom stereocenters. The van der Waals surface area contributed by atoms with Crippen molar-refractivity contribution in [2.24, 2.45) is 5.73 Å². The largest absolute Gasteiger partial charge is 0.393 e. The van der Waals surface area contributed by atoms with Crippen molar-refractivity contribution in [3.05, 3.63) is 33.8 Å². The number of thiocarbonyl (C=S) groups is 1. The lowest BCUT2D eigenvalue weighted by Gasteiger charge is -2.08. The number of hydrogen-bond acceptors (Lipinski definition) is 2. The number of aryl methyl sites for hydroxylation is 1. The number of halogens is 1. The van der Waals surface area contributed by atoms with Crippen LogP contribution in [0.5, 0.6) is 0 Å². The smallest absolute Gasteiger partial charge is 0.252 e. The van der Waals surface area contributed by atoms with Crippen molar-refractivity contribution in [3.63, 3.8) is 0 Å². The van der Waals surface area contributed by atoms with Crippen LogP contribution in [-0.4, -0.2) is 17.4 Å². The van der Waals surface area contributed by atoms with Gasteiger partial charge in [0.2, 0.25) is 0 Å². The van der Waals surface area contributed by atoms with Gasteiger partial charge in [-0.1, -0.05) is 24.4 Å². The number of nitrogens with two attached hydrogens (primary N) is 1. The number of carbonyl (C=O) groups excluding carboxylic acids is 1. The van der Waals surface area contributed by atoms with E-state index in [0.29, 0.717) is 23.5 Å². The van der Waals surface area contributed by atoms with Crippen LogP contribution in [0.4, 0.5) is 0 Å². The van der Waals surface area contributed by atoms with E-state index in [1.54, 1.807) is 6.07 Å². The topological polar surface area (TPSA) is 55.1 Å². The highest BCUT2D eigenvalue weighted by Gasteiger charge is 2.10. The average Bonchev–Trinajstić information content (AvgIpc) is 2.27. The molecule has 0 bridgehead atoms. The zero-order valence-corrected chi connectivity index (χ0v) is 12.0. The van der Waals surface area contributed by atoms with Crippen molar-refractivity contribution in [2.75, 3.05) is 6.54 Å². The van der Waals surface area contributed by atoms with Crippen LogP contribution < -0.4 is 11.1 Å². The second-order valence-electron chi connectivity index (χ2n) is 3.76. The maximum atomic E-state index is 11.9. The summed E-state index contributed by atoms with van der Waals surface area (Å²) in [5.41, 5.74) is 7.07. The van der Waals surface area contributed by atoms with Crippen LogP contribution in [0.25, 0.3) is 0 Å². The molecule has 0 radical (unpaired) electrons. The van der Waals surface area contributed by atoms with E-state index in [1.165, 1.54) is 0 Å². The molecule has 3 nitrogen and oxygen atoms in total. The molecule has 0 aliphatic heterocycles. The van der Waals surface area contributed by atoms with Crippen LogP contribution in [0, 0.1) is 6.92 Å². The lowest BCUT2D eigenvalue weighted by atomic mass is 10.1. The summed E-state index contributed by atoms with van der Waals surface area (Å²) >= 11 is 8.17. The Kier molecular flexibility index (Phi) is 5.58. The molecule has 0 heterocycles. The number of nitrogens with one attached hydrogen (secondary N) is 1. The Morgan fingerprint density at radius 2 is 2.24 bits per heavy atom. The quantitative estimate of drug-likeness (QED) is 0.648. The van der Waals surface area contributed by atoms with E-state index in [0.717, 1.165) is 16.5 Å². The van der Waals surface area contributed by atoms with Gasteiger partial charge in [-0.3, -0.25) is 4.79 Å². The standard InChI is InChI=1S/C12H15BrN2OS/c1-8-4-2-5-9(11(8)13)12(16)15-7-3-6-10(14)17/h2,4-5H,3,6-7H2,1H3,(H2,14,17)(H,15,16). The van der Waals surface area contributed by atoms with Gasteiger partial charge in [-0.05, 0) is 47.3 Å². The second kappa shape index (κ2) is 6.71. The van der Waals surface area contributed by atoms with Crippen LogP contribution in [0.2, 0.25) is 0 Å². The molecule has 17 heavy (non-hydrogen) atoms. The minimum atomic E-state index is -0.0801. The predicted molar refractivity (Wildman–Crippen MR) is 77.2 cm³/mol. The first-order valence-corrected chi connectivity index (χ1v) is 6.54. The Labute approximate surface area is 115 Å². The molecule has 0 aliphatic rings. The van der Waals surface area contributed by atoms with Gasteiger partial charge in [0.05, 0.1) is 10.6 Å². The summed E-state index contributed by atoms with van der Waals surface area (Å²) in [5.74, 6) is -0.0801. The maximum Gasteiger partial charge on any atom is 0.252 e. The molecule has 1 aromatic rings. The van der Waals surface area contributed by atoms with Gasteiger partial charge in [0.1, 0.15) is 0 Å². The molecule has 0 saturated carbocycles. The third-order valence-corrected chi connectivity index (χ3v) is 3.58. The summed E-state index contributed by atoms with van der Waals surface area (Å²) in [4.78, 5) is 12.3. The van der Waals surface area contributed by atoms with Gasteiger partial charge in [0.25, 0.3) is 5.91 Å². The minimum Gasteiger partial charge on any atom is -0.393 e. The summed E-state index contributed by atoms with van der Waals surface area (Å²) in [6.07, 6.45) is 1.43. The van der Waals surface area contributed by atoms with Crippen molar-refractivity contribution in [1.29, 1.82) is 0 Å². The fourth-order valence-electron chi connectivity index (χ4n) is 1.38. The van der Waals surface area contributed by atoms with Crippen LogP contribution >= 0.6 is 28.1 Å². The Morgan fingerprint density at radius 3 is 2.88 bits per heavy atom. The third-order valence-electron chi connectivity index (χ3n) is 2.32. The predicted octanol–water partition coefficient (Wildman–Crippen LogP) is 2.55. The number of carbonyl (C=O) groups is 1. The minimum absolute atomic E-state index is 0.0801. The van der Waals surface area contributed by atoms with Crippen LogP contribution in [0.15, 0.2) is 22.7 Å². The molecule has 1 amide bonds. The first kappa shape index (κ1) is 14.1. The van der Waals surface area contributed by atoms with Crippen molar-refractivity contribution in [1.82, 2.24) is 5.32 Å². The van der Waals surface area contributed by atoms with Gasteiger partial charge in [-0.15, -0.1) is 0 Å². The highest BCUT2D eigenvalue weighted by atomic mass is 79.9. The van der Waals surface area contributed by atoms with Crippen LogP contribution in [0.3, 0.4) is 0 Å². The Balaban J connectivity index is 2.53. The van der Waals surface area contributed by atoms with Crippen molar-refractivity contribution >= 4 is 39.0 Å². The van der Waals surface area contributed by atoms with Gasteiger partial charge in [-0.2, -0.15) is 0 Å². The zero-order chi connectivity index (χ0) is 12.8. The molecule has 1 aromatic carbocycles. The number of benzene rings is 1. The number of hydrogen-bond donors (Lipinski definition) is 2. The summed E-state index contributed by atoms with van der Waals surface area (Å²) in [6.45, 7) is 2.53. The van der Waals surface area contributed by atoms with E-state index in [2.05, 4.69) is 21.2 Å². The molecule has 92 valence electrons. The summed E-state index contributed by atoms with van der Waals surface area (Å²) in [7, 11) is 0. The zero-order valence-electron chi connectivity index (χ0n) is 9.63. The molecule has 0 fully saturated rings. The van der Waals surface area contributed by atoms with E-state index in [-0.39, 0.29) is 5.91 Å². The molecule has 0 aromatic heterocycles. The lowest BCUT2D eigenvalue weighted by Crippen LogP contribution is -2.25. The highest BCUT2D eigenvalue weighted by Crippen LogP contribution is 2.20. The fourth-order valence-corrected chi connectivity index (χ4v) is 1.97. The summed E-state index contributed by atoms with van der Waals surface area (Å²) in [5, 5.41) is 2.84. The van der Waals surface area contributed by atoms with Crippen LogP contribution in [-0.2, 0) is 0 Å². The lowest BCUT2D eigenvalue weighted by molar-refractivity contribution is 0.0952. The van der Waals surface area contributed by atoms with Crippen LogP contribution in [0.1, 0.15) is 28.8 Å². The Morgan fingerprint density at radius 1 is 1.53 bits per heavy atom. The molecule has 0 saturated heterocycles. The molecule has 0 aliphatic carbocycles. The molecular formula is C12H15BrN2OS. The second-order valence-corrected chi connectivity index (χ2v) is 5.08. The fraction of sp³-hybridized carbons (Fsp3) is 0.333. The maximum absolute atomic E-state index is 11.9. The van der Waals surface area contributed by atoms with Gasteiger partial charge in [-0.25, -0.2) is 0 Å². The van der Waals surface area contributed by atoms with Gasteiger partial charge < -0.3 is 11.1 Å². The molecule has 5 heteroatoms.